The summed E-state index contributed by atoms with van der Waals surface area (Å²) in [6, 6.07) is 21.9. The van der Waals surface area contributed by atoms with Gasteiger partial charge in [-0.2, -0.15) is 0 Å². The number of carbonyl (C=O) groups is 1. The van der Waals surface area contributed by atoms with Crippen molar-refractivity contribution in [3.8, 4) is 0 Å². The smallest absolute Gasteiger partial charge is 0.335 e. The van der Waals surface area contributed by atoms with Crippen LogP contribution in [0.25, 0.3) is 12.2 Å². The Balaban J connectivity index is 0.000000303. The lowest BCUT2D eigenvalue weighted by atomic mass is 9.97. The van der Waals surface area contributed by atoms with Gasteiger partial charge in [0.05, 0.1) is 5.56 Å². The number of aliphatic hydroxyl groups is 2. The lowest BCUT2D eigenvalue weighted by Gasteiger charge is -2.19. The fourth-order valence-corrected chi connectivity index (χ4v) is 3.05. The average Bonchev–Trinajstić information content (AvgIpc) is 2.80. The molecular formula is C28H30O4. The number of carboxylic acids is 1. The third kappa shape index (κ3) is 7.34. The first kappa shape index (κ1) is 24.8. The van der Waals surface area contributed by atoms with E-state index in [4.69, 9.17) is 5.11 Å². The Morgan fingerprint density at radius 1 is 0.688 bits per heavy atom. The summed E-state index contributed by atoms with van der Waals surface area (Å²) in [5.74, 6) is -0.875. The molecule has 0 amide bonds. The Labute approximate surface area is 189 Å². The number of rotatable bonds is 6. The molecule has 166 valence electrons. The van der Waals surface area contributed by atoms with Crippen LogP contribution >= 0.6 is 0 Å². The van der Waals surface area contributed by atoms with Crippen molar-refractivity contribution in [2.24, 2.45) is 0 Å². The fourth-order valence-electron chi connectivity index (χ4n) is 3.05. The van der Waals surface area contributed by atoms with Crippen molar-refractivity contribution in [1.82, 2.24) is 0 Å². The normalized spacial score (nSPS) is 12.9. The predicted molar refractivity (Wildman–Crippen MR) is 130 cm³/mol. The maximum absolute atomic E-state index is 10.4. The van der Waals surface area contributed by atoms with Crippen LogP contribution in [-0.4, -0.2) is 21.3 Å². The Morgan fingerprint density at radius 2 is 1.06 bits per heavy atom. The zero-order valence-corrected chi connectivity index (χ0v) is 18.6. The molecule has 0 heterocycles. The van der Waals surface area contributed by atoms with Crippen LogP contribution in [0.1, 0.15) is 64.2 Å². The molecule has 0 aliphatic carbocycles. The van der Waals surface area contributed by atoms with Gasteiger partial charge in [0.25, 0.3) is 0 Å². The van der Waals surface area contributed by atoms with Gasteiger partial charge in [0, 0.05) is 0 Å². The van der Waals surface area contributed by atoms with Crippen molar-refractivity contribution in [2.45, 2.75) is 33.0 Å². The number of hydrogen-bond donors (Lipinski definition) is 3. The molecule has 3 aromatic carbocycles. The number of benzene rings is 3. The van der Waals surface area contributed by atoms with Gasteiger partial charge in [-0.25, -0.2) is 4.79 Å². The van der Waals surface area contributed by atoms with Crippen molar-refractivity contribution in [3.63, 3.8) is 0 Å². The summed E-state index contributed by atoms with van der Waals surface area (Å²) in [6.45, 7) is 5.85. The average molecular weight is 431 g/mol. The summed E-state index contributed by atoms with van der Waals surface area (Å²) in [5, 5.41) is 29.2. The van der Waals surface area contributed by atoms with E-state index in [1.54, 1.807) is 24.3 Å². The second-order valence-corrected chi connectivity index (χ2v) is 7.39. The Kier molecular flexibility index (Phi) is 9.61. The molecule has 3 N–H and O–H groups in total. The maximum Gasteiger partial charge on any atom is 0.335 e. The SMILES string of the molecule is C/C=C/c1ccc(C(O)C(O)c2ccc(/C=C/C)cc2)cc1.Cc1ccc(C(=O)O)cc1. The van der Waals surface area contributed by atoms with Crippen LogP contribution < -0.4 is 0 Å². The number of allylic oxidation sites excluding steroid dienone is 2. The Bertz CT molecular complexity index is 971. The molecule has 2 unspecified atom stereocenters. The summed E-state index contributed by atoms with van der Waals surface area (Å²) in [7, 11) is 0. The van der Waals surface area contributed by atoms with Crippen molar-refractivity contribution in [1.29, 1.82) is 0 Å². The minimum atomic E-state index is -0.938. The molecule has 0 spiro atoms. The quantitative estimate of drug-likeness (QED) is 0.434. The minimum Gasteiger partial charge on any atom is -0.478 e. The molecule has 3 aromatic rings. The monoisotopic (exact) mass is 430 g/mol. The van der Waals surface area contributed by atoms with Gasteiger partial charge in [-0.3, -0.25) is 0 Å². The largest absolute Gasteiger partial charge is 0.478 e. The van der Waals surface area contributed by atoms with Crippen LogP contribution in [0.3, 0.4) is 0 Å². The molecule has 0 aliphatic rings. The topological polar surface area (TPSA) is 77.8 Å². The molecule has 0 saturated carbocycles. The van der Waals surface area contributed by atoms with E-state index in [1.807, 2.05) is 93.6 Å². The van der Waals surface area contributed by atoms with E-state index in [0.717, 1.165) is 16.7 Å². The van der Waals surface area contributed by atoms with Crippen molar-refractivity contribution < 1.29 is 20.1 Å². The van der Waals surface area contributed by atoms with Gasteiger partial charge in [-0.15, -0.1) is 0 Å². The second-order valence-electron chi connectivity index (χ2n) is 7.39. The molecule has 3 rings (SSSR count). The highest BCUT2D eigenvalue weighted by molar-refractivity contribution is 5.87. The van der Waals surface area contributed by atoms with Crippen LogP contribution in [0.2, 0.25) is 0 Å². The first-order valence-electron chi connectivity index (χ1n) is 10.5. The first-order chi connectivity index (χ1) is 15.3. The van der Waals surface area contributed by atoms with Gasteiger partial charge < -0.3 is 15.3 Å². The van der Waals surface area contributed by atoms with E-state index in [0.29, 0.717) is 16.7 Å². The Hall–Kier alpha value is -3.47. The molecule has 2 atom stereocenters. The summed E-state index contributed by atoms with van der Waals surface area (Å²) >= 11 is 0. The van der Waals surface area contributed by atoms with Gasteiger partial charge in [0.2, 0.25) is 0 Å². The maximum atomic E-state index is 10.4. The van der Waals surface area contributed by atoms with E-state index in [2.05, 4.69) is 0 Å². The van der Waals surface area contributed by atoms with Gasteiger partial charge in [-0.1, -0.05) is 90.5 Å². The van der Waals surface area contributed by atoms with E-state index in [1.165, 1.54) is 0 Å². The van der Waals surface area contributed by atoms with Crippen LogP contribution in [-0.2, 0) is 0 Å². The summed E-state index contributed by atoms with van der Waals surface area (Å²) in [5.41, 5.74) is 4.97. The number of carboxylic acid groups (broad SMARTS) is 1. The van der Waals surface area contributed by atoms with E-state index < -0.39 is 18.2 Å². The second kappa shape index (κ2) is 12.4. The highest BCUT2D eigenvalue weighted by atomic mass is 16.4. The lowest BCUT2D eigenvalue weighted by Crippen LogP contribution is -2.10. The summed E-state index contributed by atoms with van der Waals surface area (Å²) < 4.78 is 0. The molecule has 0 aliphatic heterocycles. The third-order valence-corrected chi connectivity index (χ3v) is 4.87. The molecule has 32 heavy (non-hydrogen) atoms. The molecule has 4 nitrogen and oxygen atoms in total. The van der Waals surface area contributed by atoms with Gasteiger partial charge in [-0.05, 0) is 55.2 Å². The van der Waals surface area contributed by atoms with Crippen LogP contribution in [0.4, 0.5) is 0 Å². The number of aromatic carboxylic acids is 1. The standard InChI is InChI=1S/C20H22O2.C8H8O2/c1-3-5-15-7-11-17(12-8-15)19(21)20(22)18-13-9-16(6-4-2)10-14-18;1-6-2-4-7(5-3-6)8(9)10/h3-14,19-22H,1-2H3;2-5H,1H3,(H,9,10)/b5-3+,6-4+;. The first-order valence-corrected chi connectivity index (χ1v) is 10.5. The number of aliphatic hydroxyl groups excluding tert-OH is 2. The number of aryl methyl sites for hydroxylation is 1. The predicted octanol–water partition coefficient (Wildman–Crippen LogP) is 6.21. The van der Waals surface area contributed by atoms with Crippen molar-refractivity contribution in [3.05, 3.63) is 118 Å². The zero-order valence-electron chi connectivity index (χ0n) is 18.6. The van der Waals surface area contributed by atoms with E-state index in [-0.39, 0.29) is 0 Å². The van der Waals surface area contributed by atoms with Crippen LogP contribution in [0.5, 0.6) is 0 Å². The third-order valence-electron chi connectivity index (χ3n) is 4.87. The minimum absolute atomic E-state index is 0.339. The van der Waals surface area contributed by atoms with Crippen molar-refractivity contribution >= 4 is 18.1 Å². The molecule has 0 bridgehead atoms. The molecular weight excluding hydrogens is 400 g/mol. The van der Waals surface area contributed by atoms with Gasteiger partial charge in [0.15, 0.2) is 0 Å². The number of hydrogen-bond acceptors (Lipinski definition) is 3. The van der Waals surface area contributed by atoms with Crippen molar-refractivity contribution in [2.75, 3.05) is 0 Å². The molecule has 0 aromatic heterocycles. The zero-order chi connectivity index (χ0) is 23.5. The fraction of sp³-hybridized carbons (Fsp3) is 0.179. The van der Waals surface area contributed by atoms with E-state index >= 15 is 0 Å². The van der Waals surface area contributed by atoms with Gasteiger partial charge in [0.1, 0.15) is 12.2 Å². The van der Waals surface area contributed by atoms with Crippen LogP contribution in [0, 0.1) is 6.92 Å². The molecule has 0 fully saturated rings. The highest BCUT2D eigenvalue weighted by Gasteiger charge is 2.19. The molecule has 0 saturated heterocycles. The highest BCUT2D eigenvalue weighted by Crippen LogP contribution is 2.29. The summed E-state index contributed by atoms with van der Waals surface area (Å²) in [6.07, 6.45) is 6.04. The molecule has 4 heteroatoms. The lowest BCUT2D eigenvalue weighted by molar-refractivity contribution is 0.0172. The van der Waals surface area contributed by atoms with Crippen LogP contribution in [0.15, 0.2) is 84.9 Å². The Morgan fingerprint density at radius 3 is 1.38 bits per heavy atom. The van der Waals surface area contributed by atoms with E-state index in [9.17, 15) is 15.0 Å². The summed E-state index contributed by atoms with van der Waals surface area (Å²) in [4.78, 5) is 10.3. The molecule has 0 radical (unpaired) electrons. The van der Waals surface area contributed by atoms with Gasteiger partial charge >= 0.3 is 5.97 Å².